The number of fused-ring (bicyclic) bond motifs is 1. The molecular weight excluding hydrogens is 382 g/mol. The Balaban J connectivity index is 1.63. The lowest BCUT2D eigenvalue weighted by Crippen LogP contribution is -2.35. The van der Waals surface area contributed by atoms with Crippen molar-refractivity contribution in [2.75, 3.05) is 34.4 Å². The highest BCUT2D eigenvalue weighted by molar-refractivity contribution is 6.05. The number of hydrogen-bond donors (Lipinski definition) is 3. The Labute approximate surface area is 165 Å². The van der Waals surface area contributed by atoms with E-state index < -0.39 is 23.5 Å². The van der Waals surface area contributed by atoms with Crippen LogP contribution in [0.1, 0.15) is 37.2 Å². The fourth-order valence-electron chi connectivity index (χ4n) is 3.65. The summed E-state index contributed by atoms with van der Waals surface area (Å²) < 4.78 is 26.5. The van der Waals surface area contributed by atoms with Crippen molar-refractivity contribution in [2.24, 2.45) is 0 Å². The molecule has 29 heavy (non-hydrogen) atoms. The number of halogens is 2. The van der Waals surface area contributed by atoms with Crippen LogP contribution in [0.5, 0.6) is 0 Å². The second-order valence-electron chi connectivity index (χ2n) is 7.14. The molecule has 1 aromatic heterocycles. The number of aromatic nitrogens is 2. The molecule has 1 fully saturated rings. The van der Waals surface area contributed by atoms with Crippen LogP contribution in [0.15, 0.2) is 18.2 Å². The Bertz CT molecular complexity index is 977. The molecule has 10 heteroatoms. The van der Waals surface area contributed by atoms with Crippen LogP contribution < -0.4 is 21.3 Å². The fraction of sp³-hybridized carbons (Fsp3) is 0.368. The van der Waals surface area contributed by atoms with Crippen LogP contribution in [0.3, 0.4) is 0 Å². The molecule has 0 spiro atoms. The van der Waals surface area contributed by atoms with Crippen LogP contribution in [0.2, 0.25) is 0 Å². The Kier molecular flexibility index (Phi) is 4.99. The molecule has 1 aromatic carbocycles. The van der Waals surface area contributed by atoms with Gasteiger partial charge in [-0.2, -0.15) is 9.97 Å². The number of nitrogens with one attached hydrogen (secondary N) is 2. The standard InChI is InChI=1S/C19H20F2N6O2/c20-12-5-4-10(8-13(12)21)23-18(29)11-9-14(28)24-17-15(11)16(22)25-19(26-17)27-6-2-1-3-7-27/h4-5,8,11H,1-3,6-7,9H2,(H,23,29)(H3,22,24,25,26,28)/t11-/m0/s1. The lowest BCUT2D eigenvalue weighted by atomic mass is 9.92. The van der Waals surface area contributed by atoms with Crippen molar-refractivity contribution in [3.8, 4) is 0 Å². The minimum Gasteiger partial charge on any atom is -0.383 e. The van der Waals surface area contributed by atoms with E-state index in [1.807, 2.05) is 4.90 Å². The van der Waals surface area contributed by atoms with Crippen molar-refractivity contribution < 1.29 is 18.4 Å². The van der Waals surface area contributed by atoms with E-state index in [0.29, 0.717) is 11.5 Å². The van der Waals surface area contributed by atoms with Crippen LogP contribution in [-0.2, 0) is 9.59 Å². The van der Waals surface area contributed by atoms with Gasteiger partial charge in [-0.05, 0) is 31.4 Å². The third kappa shape index (κ3) is 3.82. The summed E-state index contributed by atoms with van der Waals surface area (Å²) in [5.41, 5.74) is 6.54. The quantitative estimate of drug-likeness (QED) is 0.727. The Morgan fingerprint density at radius 2 is 1.93 bits per heavy atom. The Hall–Kier alpha value is -3.30. The number of nitrogens with two attached hydrogens (primary N) is 1. The molecule has 1 saturated heterocycles. The number of rotatable bonds is 3. The molecule has 0 aliphatic carbocycles. The molecule has 152 valence electrons. The van der Waals surface area contributed by atoms with Gasteiger partial charge in [-0.15, -0.1) is 0 Å². The SMILES string of the molecule is Nc1nc(N2CCCCC2)nc2c1[C@@H](C(=O)Nc1ccc(F)c(F)c1)CC(=O)N2. The van der Waals surface area contributed by atoms with Gasteiger partial charge in [0.15, 0.2) is 11.6 Å². The van der Waals surface area contributed by atoms with Gasteiger partial charge in [0, 0.05) is 31.3 Å². The zero-order valence-corrected chi connectivity index (χ0v) is 15.5. The number of piperidine rings is 1. The van der Waals surface area contributed by atoms with Crippen molar-refractivity contribution in [1.29, 1.82) is 0 Å². The molecule has 2 aromatic rings. The first-order valence-corrected chi connectivity index (χ1v) is 9.40. The first-order valence-electron chi connectivity index (χ1n) is 9.40. The van der Waals surface area contributed by atoms with E-state index in [1.165, 1.54) is 6.07 Å². The summed E-state index contributed by atoms with van der Waals surface area (Å²) in [6.45, 7) is 1.60. The summed E-state index contributed by atoms with van der Waals surface area (Å²) in [6, 6.07) is 3.02. The number of nitrogens with zero attached hydrogens (tertiary/aromatic N) is 3. The molecule has 2 aliphatic rings. The smallest absolute Gasteiger partial charge is 0.232 e. The van der Waals surface area contributed by atoms with E-state index in [4.69, 9.17) is 5.73 Å². The average molecular weight is 402 g/mol. The normalized spacial score (nSPS) is 18.8. The summed E-state index contributed by atoms with van der Waals surface area (Å²) >= 11 is 0. The summed E-state index contributed by atoms with van der Waals surface area (Å²) in [4.78, 5) is 35.7. The second kappa shape index (κ2) is 7.61. The van der Waals surface area contributed by atoms with Gasteiger partial charge in [-0.25, -0.2) is 8.78 Å². The van der Waals surface area contributed by atoms with Gasteiger partial charge in [-0.1, -0.05) is 0 Å². The van der Waals surface area contributed by atoms with Crippen molar-refractivity contribution in [1.82, 2.24) is 9.97 Å². The van der Waals surface area contributed by atoms with E-state index in [1.54, 1.807) is 0 Å². The molecular formula is C19H20F2N6O2. The van der Waals surface area contributed by atoms with Crippen molar-refractivity contribution in [3.63, 3.8) is 0 Å². The summed E-state index contributed by atoms with van der Waals surface area (Å²) in [5.74, 6) is -3.27. The lowest BCUT2D eigenvalue weighted by molar-refractivity contribution is -0.123. The molecule has 4 N–H and O–H groups in total. The minimum atomic E-state index is -1.08. The van der Waals surface area contributed by atoms with Crippen LogP contribution in [0, 0.1) is 11.6 Å². The summed E-state index contributed by atoms with van der Waals surface area (Å²) in [6.07, 6.45) is 3.02. The van der Waals surface area contributed by atoms with Gasteiger partial charge in [0.25, 0.3) is 0 Å². The van der Waals surface area contributed by atoms with Gasteiger partial charge >= 0.3 is 0 Å². The maximum Gasteiger partial charge on any atom is 0.232 e. The second-order valence-corrected chi connectivity index (χ2v) is 7.14. The molecule has 0 bridgehead atoms. The first kappa shape index (κ1) is 19.0. The number of carbonyl (C=O) groups is 2. The van der Waals surface area contributed by atoms with Crippen LogP contribution in [0.25, 0.3) is 0 Å². The molecule has 0 unspecified atom stereocenters. The van der Waals surface area contributed by atoms with Crippen molar-refractivity contribution in [3.05, 3.63) is 35.4 Å². The van der Waals surface area contributed by atoms with E-state index in [9.17, 15) is 18.4 Å². The molecule has 8 nitrogen and oxygen atoms in total. The van der Waals surface area contributed by atoms with Gasteiger partial charge in [-0.3, -0.25) is 9.59 Å². The zero-order valence-electron chi connectivity index (χ0n) is 15.5. The molecule has 3 heterocycles. The highest BCUT2D eigenvalue weighted by atomic mass is 19.2. The largest absolute Gasteiger partial charge is 0.383 e. The van der Waals surface area contributed by atoms with Gasteiger partial charge in [0.1, 0.15) is 11.6 Å². The van der Waals surface area contributed by atoms with Crippen LogP contribution in [-0.4, -0.2) is 34.9 Å². The van der Waals surface area contributed by atoms with Crippen LogP contribution >= 0.6 is 0 Å². The van der Waals surface area contributed by atoms with Crippen molar-refractivity contribution in [2.45, 2.75) is 31.6 Å². The monoisotopic (exact) mass is 402 g/mol. The van der Waals surface area contributed by atoms with Gasteiger partial charge in [0.2, 0.25) is 17.8 Å². The predicted molar refractivity (Wildman–Crippen MR) is 103 cm³/mol. The average Bonchev–Trinajstić information content (AvgIpc) is 2.70. The van der Waals surface area contributed by atoms with Crippen molar-refractivity contribution >= 4 is 35.1 Å². The molecule has 1 atom stereocenters. The highest BCUT2D eigenvalue weighted by Gasteiger charge is 2.35. The first-order chi connectivity index (χ1) is 13.9. The van der Waals surface area contributed by atoms with E-state index in [2.05, 4.69) is 20.6 Å². The maximum atomic E-state index is 13.4. The maximum absolute atomic E-state index is 13.4. The molecule has 0 radical (unpaired) electrons. The van der Waals surface area contributed by atoms with E-state index in [0.717, 1.165) is 44.5 Å². The molecule has 2 amide bonds. The number of carbonyl (C=O) groups excluding carboxylic acids is 2. The third-order valence-electron chi connectivity index (χ3n) is 5.10. The molecule has 2 aliphatic heterocycles. The Morgan fingerprint density at radius 3 is 2.66 bits per heavy atom. The predicted octanol–water partition coefficient (Wildman–Crippen LogP) is 2.39. The summed E-state index contributed by atoms with van der Waals surface area (Å²) in [7, 11) is 0. The molecule has 0 saturated carbocycles. The molecule has 4 rings (SSSR count). The van der Waals surface area contributed by atoms with Crippen LogP contribution in [0.4, 0.5) is 32.1 Å². The number of nitrogen functional groups attached to an aromatic ring is 1. The Morgan fingerprint density at radius 1 is 1.17 bits per heavy atom. The third-order valence-corrected chi connectivity index (χ3v) is 5.10. The lowest BCUT2D eigenvalue weighted by Gasteiger charge is -2.30. The van der Waals surface area contributed by atoms with Gasteiger partial charge < -0.3 is 21.3 Å². The minimum absolute atomic E-state index is 0.0749. The zero-order chi connectivity index (χ0) is 20.5. The van der Waals surface area contributed by atoms with E-state index >= 15 is 0 Å². The van der Waals surface area contributed by atoms with Gasteiger partial charge in [0.05, 0.1) is 11.5 Å². The number of anilines is 4. The van der Waals surface area contributed by atoms with E-state index in [-0.39, 0.29) is 29.7 Å². The topological polar surface area (TPSA) is 113 Å². The fourth-order valence-corrected chi connectivity index (χ4v) is 3.65. The number of hydrogen-bond acceptors (Lipinski definition) is 6. The number of amides is 2. The highest BCUT2D eigenvalue weighted by Crippen LogP contribution is 2.37. The number of benzene rings is 1. The summed E-state index contributed by atoms with van der Waals surface area (Å²) in [5, 5.41) is 5.16.